The van der Waals surface area contributed by atoms with E-state index in [1.165, 1.54) is 148 Å². The minimum atomic E-state index is -4.98. The lowest BCUT2D eigenvalue weighted by atomic mass is 10.00. The summed E-state index contributed by atoms with van der Waals surface area (Å²) in [5.74, 6) is -0.639. The molecule has 0 radical (unpaired) electrons. The fourth-order valence-electron chi connectivity index (χ4n) is 11.2. The van der Waals surface area contributed by atoms with Gasteiger partial charge in [-0.25, -0.2) is 9.13 Å². The Bertz CT molecular complexity index is 2100. The van der Waals surface area contributed by atoms with E-state index in [4.69, 9.17) is 37.0 Å². The first-order chi connectivity index (χ1) is 47.9. The maximum absolute atomic E-state index is 13.1. The van der Waals surface area contributed by atoms with Crippen LogP contribution in [0.3, 0.4) is 0 Å². The minimum absolute atomic E-state index is 0.0780. The molecule has 0 fully saturated rings. The van der Waals surface area contributed by atoms with Gasteiger partial charge in [-0.1, -0.05) is 315 Å². The van der Waals surface area contributed by atoms with Gasteiger partial charge in [0, 0.05) is 25.7 Å². The van der Waals surface area contributed by atoms with E-state index >= 15 is 0 Å². The molecule has 580 valence electrons. The zero-order chi connectivity index (χ0) is 72.8. The minimum Gasteiger partial charge on any atom is -0.462 e. The molecular weight excluding hydrogens is 1290 g/mol. The summed E-state index contributed by atoms with van der Waals surface area (Å²) >= 11 is 0. The third-order valence-corrected chi connectivity index (χ3v) is 19.7. The molecule has 0 rings (SSSR count). The fraction of sp³-hybridized carbons (Fsp3) is 0.850. The highest BCUT2D eigenvalue weighted by atomic mass is 31.2. The van der Waals surface area contributed by atoms with E-state index < -0.39 is 97.5 Å². The quantitative estimate of drug-likeness (QED) is 0.0169. The van der Waals surface area contributed by atoms with E-state index in [1.54, 1.807) is 0 Å². The summed E-state index contributed by atoms with van der Waals surface area (Å²) in [6, 6.07) is 0. The molecule has 0 heterocycles. The summed E-state index contributed by atoms with van der Waals surface area (Å²) in [6.07, 6.45) is 65.5. The topological polar surface area (TPSA) is 237 Å². The van der Waals surface area contributed by atoms with Gasteiger partial charge in [-0.2, -0.15) is 0 Å². The first-order valence-electron chi connectivity index (χ1n) is 40.2. The molecule has 0 aromatic carbocycles. The Labute approximate surface area is 604 Å². The smallest absolute Gasteiger partial charge is 0.462 e. The maximum Gasteiger partial charge on any atom is 0.472 e. The highest BCUT2D eigenvalue weighted by Gasteiger charge is 2.30. The second-order valence-electron chi connectivity index (χ2n) is 28.2. The summed E-state index contributed by atoms with van der Waals surface area (Å²) in [7, 11) is -9.94. The van der Waals surface area contributed by atoms with Crippen molar-refractivity contribution < 1.29 is 80.2 Å². The Kier molecular flexibility index (Phi) is 68.5. The van der Waals surface area contributed by atoms with Gasteiger partial charge in [-0.05, 0) is 88.9 Å². The van der Waals surface area contributed by atoms with Crippen LogP contribution in [0, 0.1) is 11.8 Å². The molecule has 0 aliphatic heterocycles. The largest absolute Gasteiger partial charge is 0.472 e. The maximum atomic E-state index is 13.1. The second kappa shape index (κ2) is 70.7. The van der Waals surface area contributed by atoms with Gasteiger partial charge < -0.3 is 33.8 Å². The number of hydrogen-bond acceptors (Lipinski definition) is 15. The van der Waals surface area contributed by atoms with E-state index in [0.29, 0.717) is 25.7 Å². The van der Waals surface area contributed by atoms with Crippen molar-refractivity contribution in [3.63, 3.8) is 0 Å². The Morgan fingerprint density at radius 3 is 0.899 bits per heavy atom. The third kappa shape index (κ3) is 71.8. The standard InChI is InChI=1S/C80H148O17P2/c1-7-10-12-14-16-18-20-22-26-31-35-39-43-50-56-62-77(82)90-68-75(96-79(84)64-58-52-44-40-36-32-27-23-21-19-17-15-13-11-8-2)70-94-98(86,87)92-66-74(81)67-93-99(88,89)95-71-76(69-91-78(83)63-57-51-47-46-49-55-61-73(6)9-3)97-80(85)65-59-53-45-41-37-33-29-25-24-28-30-34-38-42-48-54-60-72(4)5/h18-23,26-27,72-76,81H,7-17,24-25,28-71H2,1-6H3,(H,86,87)(H,88,89)/b20-18-,21-19-,26-22-,27-23-/t73?,74-,75-,76-/m1/s1. The molecule has 99 heavy (non-hydrogen) atoms. The van der Waals surface area contributed by atoms with E-state index in [0.717, 1.165) is 140 Å². The van der Waals surface area contributed by atoms with Crippen LogP contribution in [0.4, 0.5) is 0 Å². The predicted octanol–water partition coefficient (Wildman–Crippen LogP) is 23.0. The Balaban J connectivity index is 5.30. The van der Waals surface area contributed by atoms with E-state index in [2.05, 4.69) is 90.2 Å². The fourth-order valence-corrected chi connectivity index (χ4v) is 12.8. The third-order valence-electron chi connectivity index (χ3n) is 17.8. The van der Waals surface area contributed by atoms with E-state index in [1.807, 2.05) is 0 Å². The van der Waals surface area contributed by atoms with Gasteiger partial charge in [0.05, 0.1) is 26.4 Å². The molecule has 0 aliphatic rings. The molecule has 0 spiro atoms. The SMILES string of the molecule is CCCCCC/C=C\C=C/CCCCCCCC(=O)OC[C@H](COP(=O)(O)OC[C@@H](O)COP(=O)(O)OC[C@@H](COC(=O)CCCCCCCCC(C)CC)OC(=O)CCCCCCCCCCCCCCCCCCC(C)C)OC(=O)CCCCCCC/C=C\C=C/CCCCCC. The number of aliphatic hydroxyl groups is 1. The number of phosphoric acid groups is 2. The molecule has 0 saturated carbocycles. The average Bonchev–Trinajstić information content (AvgIpc) is 1.04. The van der Waals surface area contributed by atoms with Gasteiger partial charge in [0.1, 0.15) is 19.3 Å². The van der Waals surface area contributed by atoms with Crippen LogP contribution in [-0.2, 0) is 65.4 Å². The lowest BCUT2D eigenvalue weighted by molar-refractivity contribution is -0.161. The van der Waals surface area contributed by atoms with Crippen LogP contribution in [-0.4, -0.2) is 96.7 Å². The number of ether oxygens (including phenoxy) is 4. The van der Waals surface area contributed by atoms with Crippen molar-refractivity contribution in [2.45, 2.75) is 387 Å². The molecule has 0 saturated heterocycles. The van der Waals surface area contributed by atoms with Crippen LogP contribution in [0.5, 0.6) is 0 Å². The molecule has 0 aromatic heterocycles. The Hall–Kier alpha value is -2.98. The lowest BCUT2D eigenvalue weighted by Crippen LogP contribution is -2.30. The lowest BCUT2D eigenvalue weighted by Gasteiger charge is -2.21. The van der Waals surface area contributed by atoms with Crippen LogP contribution in [0.25, 0.3) is 0 Å². The van der Waals surface area contributed by atoms with Gasteiger partial charge >= 0.3 is 39.5 Å². The van der Waals surface area contributed by atoms with Crippen molar-refractivity contribution in [2.75, 3.05) is 39.6 Å². The zero-order valence-electron chi connectivity index (χ0n) is 63.8. The molecular formula is C80H148O17P2. The molecule has 0 amide bonds. The number of esters is 4. The van der Waals surface area contributed by atoms with Gasteiger partial charge in [0.2, 0.25) is 0 Å². The van der Waals surface area contributed by atoms with Crippen molar-refractivity contribution in [3.8, 4) is 0 Å². The first-order valence-corrected chi connectivity index (χ1v) is 43.2. The normalized spacial score (nSPS) is 14.5. The summed E-state index contributed by atoms with van der Waals surface area (Å²) in [4.78, 5) is 72.9. The first kappa shape index (κ1) is 96.0. The second-order valence-corrected chi connectivity index (χ2v) is 31.1. The summed E-state index contributed by atoms with van der Waals surface area (Å²) in [5, 5.41) is 10.6. The van der Waals surface area contributed by atoms with Crippen molar-refractivity contribution in [2.24, 2.45) is 11.8 Å². The molecule has 6 atom stereocenters. The number of carbonyl (C=O) groups is 4. The van der Waals surface area contributed by atoms with Gasteiger partial charge in [0.15, 0.2) is 12.2 Å². The molecule has 3 unspecified atom stereocenters. The van der Waals surface area contributed by atoms with E-state index in [-0.39, 0.29) is 25.7 Å². The molecule has 17 nitrogen and oxygen atoms in total. The Morgan fingerprint density at radius 1 is 0.333 bits per heavy atom. The van der Waals surface area contributed by atoms with Crippen molar-refractivity contribution >= 4 is 39.5 Å². The number of unbranched alkanes of at least 4 members (excludes halogenated alkanes) is 38. The summed E-state index contributed by atoms with van der Waals surface area (Å²) in [5.41, 5.74) is 0. The van der Waals surface area contributed by atoms with Crippen molar-refractivity contribution in [1.82, 2.24) is 0 Å². The van der Waals surface area contributed by atoms with Crippen LogP contribution < -0.4 is 0 Å². The number of hydrogen-bond donors (Lipinski definition) is 3. The highest BCUT2D eigenvalue weighted by molar-refractivity contribution is 7.47. The molecule has 3 N–H and O–H groups in total. The van der Waals surface area contributed by atoms with Crippen LogP contribution >= 0.6 is 15.6 Å². The number of rotatable bonds is 75. The summed E-state index contributed by atoms with van der Waals surface area (Å²) in [6.45, 7) is 9.47. The number of aliphatic hydroxyl groups excluding tert-OH is 1. The van der Waals surface area contributed by atoms with Crippen LogP contribution in [0.1, 0.15) is 369 Å². The van der Waals surface area contributed by atoms with Gasteiger partial charge in [-0.15, -0.1) is 0 Å². The number of phosphoric ester groups is 2. The van der Waals surface area contributed by atoms with Crippen molar-refractivity contribution in [1.29, 1.82) is 0 Å². The number of allylic oxidation sites excluding steroid dienone is 8. The Morgan fingerprint density at radius 2 is 0.596 bits per heavy atom. The van der Waals surface area contributed by atoms with E-state index in [9.17, 15) is 43.2 Å². The highest BCUT2D eigenvalue weighted by Crippen LogP contribution is 2.45. The average molecular weight is 1440 g/mol. The molecule has 0 aromatic rings. The predicted molar refractivity (Wildman–Crippen MR) is 404 cm³/mol. The van der Waals surface area contributed by atoms with Crippen LogP contribution in [0.2, 0.25) is 0 Å². The molecule has 0 aliphatic carbocycles. The zero-order valence-corrected chi connectivity index (χ0v) is 65.6. The monoisotopic (exact) mass is 1440 g/mol. The van der Waals surface area contributed by atoms with Crippen molar-refractivity contribution in [3.05, 3.63) is 48.6 Å². The molecule has 0 bridgehead atoms. The molecule has 19 heteroatoms. The van der Waals surface area contributed by atoms with Crippen LogP contribution in [0.15, 0.2) is 48.6 Å². The van der Waals surface area contributed by atoms with Gasteiger partial charge in [-0.3, -0.25) is 37.3 Å². The summed E-state index contributed by atoms with van der Waals surface area (Å²) < 4.78 is 68.6. The van der Waals surface area contributed by atoms with Gasteiger partial charge in [0.25, 0.3) is 0 Å². The number of carbonyl (C=O) groups excluding carboxylic acids is 4.